The lowest BCUT2D eigenvalue weighted by molar-refractivity contribution is -0.112. The summed E-state index contributed by atoms with van der Waals surface area (Å²) in [5.41, 5.74) is 0.688. The number of hydrogen-bond acceptors (Lipinski definition) is 2. The van der Waals surface area contributed by atoms with Crippen molar-refractivity contribution in [3.8, 4) is 0 Å². The van der Waals surface area contributed by atoms with E-state index in [2.05, 4.69) is 55.4 Å². The highest BCUT2D eigenvalue weighted by molar-refractivity contribution is 5.53. The average Bonchev–Trinajstić information content (AvgIpc) is 2.33. The fraction of sp³-hybridized carbons (Fsp3) is 0.900. The molecule has 0 fully saturated rings. The minimum absolute atomic E-state index is 0.203. The first-order chi connectivity index (χ1) is 9.73. The van der Waals surface area contributed by atoms with Gasteiger partial charge in [-0.15, -0.1) is 0 Å². The molecule has 0 spiro atoms. The van der Waals surface area contributed by atoms with Gasteiger partial charge in [0.05, 0.1) is 0 Å². The third-order valence-electron chi connectivity index (χ3n) is 4.09. The van der Waals surface area contributed by atoms with Crippen molar-refractivity contribution in [2.45, 2.75) is 82.1 Å². The van der Waals surface area contributed by atoms with E-state index in [-0.39, 0.29) is 11.8 Å². The van der Waals surface area contributed by atoms with Gasteiger partial charge in [0.15, 0.2) is 0 Å². The van der Waals surface area contributed by atoms with Crippen LogP contribution in [0.25, 0.3) is 0 Å². The molecule has 22 heavy (non-hydrogen) atoms. The Hall–Kier alpha value is -0.660. The molecule has 2 heteroatoms. The van der Waals surface area contributed by atoms with Gasteiger partial charge in [0.25, 0.3) is 0 Å². The van der Waals surface area contributed by atoms with E-state index in [0.29, 0.717) is 22.7 Å². The minimum Gasteiger partial charge on any atom is -0.303 e. The third-order valence-corrected chi connectivity index (χ3v) is 4.09. The molecule has 4 unspecified atom stereocenters. The molecule has 132 valence electrons. The molecule has 0 amide bonds. The molecule has 2 nitrogen and oxygen atoms in total. The van der Waals surface area contributed by atoms with Crippen molar-refractivity contribution in [3.63, 3.8) is 0 Å². The normalized spacial score (nSPS) is 17.5. The molecule has 0 aromatic heterocycles. The largest absolute Gasteiger partial charge is 0.303 e. The van der Waals surface area contributed by atoms with Gasteiger partial charge in [0, 0.05) is 11.8 Å². The molecule has 0 aliphatic carbocycles. The highest BCUT2D eigenvalue weighted by Gasteiger charge is 2.19. The second kappa shape index (κ2) is 10.2. The topological polar surface area (TPSA) is 34.1 Å². The number of carbonyl (C=O) groups excluding carboxylic acids is 2. The Morgan fingerprint density at radius 3 is 1.00 bits per heavy atom. The van der Waals surface area contributed by atoms with Crippen molar-refractivity contribution >= 4 is 12.6 Å². The molecule has 0 aromatic rings. The van der Waals surface area contributed by atoms with Crippen LogP contribution in [0.1, 0.15) is 82.1 Å². The summed E-state index contributed by atoms with van der Waals surface area (Å²) in [6.45, 7) is 21.5. The van der Waals surface area contributed by atoms with Crippen LogP contribution in [-0.2, 0) is 9.59 Å². The Kier molecular flexibility index (Phi) is 10.9. The van der Waals surface area contributed by atoms with Crippen molar-refractivity contribution in [3.05, 3.63) is 0 Å². The van der Waals surface area contributed by atoms with Crippen LogP contribution in [0.3, 0.4) is 0 Å². The molecule has 0 bridgehead atoms. The molecule has 0 rings (SSSR count). The predicted octanol–water partition coefficient (Wildman–Crippen LogP) is 5.79. The molecule has 0 saturated heterocycles. The monoisotopic (exact) mass is 312 g/mol. The van der Waals surface area contributed by atoms with E-state index in [1.54, 1.807) is 0 Å². The maximum Gasteiger partial charge on any atom is 0.123 e. The van der Waals surface area contributed by atoms with Crippen molar-refractivity contribution in [2.24, 2.45) is 34.5 Å². The first kappa shape index (κ1) is 23.6. The first-order valence-electron chi connectivity index (χ1n) is 8.64. The molecular formula is C20H40O2. The molecule has 0 aliphatic rings. The van der Waals surface area contributed by atoms with Crippen molar-refractivity contribution in [2.75, 3.05) is 0 Å². The second-order valence-electron chi connectivity index (χ2n) is 9.47. The summed E-state index contributed by atoms with van der Waals surface area (Å²) in [5, 5.41) is 0. The van der Waals surface area contributed by atoms with Crippen LogP contribution in [0.4, 0.5) is 0 Å². The maximum absolute atomic E-state index is 10.4. The SMILES string of the molecule is CC(C=O)C(C)CC(C)(C)C.CC(C=O)C(C)CC(C)(C)C. The smallest absolute Gasteiger partial charge is 0.123 e. The van der Waals surface area contributed by atoms with Crippen molar-refractivity contribution in [1.29, 1.82) is 0 Å². The summed E-state index contributed by atoms with van der Waals surface area (Å²) in [6.07, 6.45) is 4.34. The summed E-state index contributed by atoms with van der Waals surface area (Å²) in [4.78, 5) is 20.9. The van der Waals surface area contributed by atoms with Gasteiger partial charge in [-0.25, -0.2) is 0 Å². The highest BCUT2D eigenvalue weighted by atomic mass is 16.1. The van der Waals surface area contributed by atoms with Crippen LogP contribution in [0.15, 0.2) is 0 Å². The number of hydrogen-bond donors (Lipinski definition) is 0. The van der Waals surface area contributed by atoms with Gasteiger partial charge in [0.1, 0.15) is 12.6 Å². The van der Waals surface area contributed by atoms with Gasteiger partial charge in [-0.1, -0.05) is 69.2 Å². The average molecular weight is 313 g/mol. The highest BCUT2D eigenvalue weighted by Crippen LogP contribution is 2.28. The maximum atomic E-state index is 10.4. The van der Waals surface area contributed by atoms with Crippen LogP contribution in [-0.4, -0.2) is 12.6 Å². The van der Waals surface area contributed by atoms with Crippen LogP contribution in [0.5, 0.6) is 0 Å². The van der Waals surface area contributed by atoms with Gasteiger partial charge in [-0.3, -0.25) is 0 Å². The lowest BCUT2D eigenvalue weighted by Crippen LogP contribution is -2.17. The summed E-state index contributed by atoms with van der Waals surface area (Å²) in [6, 6.07) is 0. The van der Waals surface area contributed by atoms with Crippen LogP contribution < -0.4 is 0 Å². The minimum atomic E-state index is 0.203. The van der Waals surface area contributed by atoms with E-state index in [1.807, 2.05) is 13.8 Å². The molecule has 0 aromatic carbocycles. The van der Waals surface area contributed by atoms with E-state index in [9.17, 15) is 9.59 Å². The molecule has 4 atom stereocenters. The first-order valence-corrected chi connectivity index (χ1v) is 8.64. The quantitative estimate of drug-likeness (QED) is 0.582. The van der Waals surface area contributed by atoms with Gasteiger partial charge < -0.3 is 9.59 Å². The fourth-order valence-electron chi connectivity index (χ4n) is 2.57. The van der Waals surface area contributed by atoms with Gasteiger partial charge in [0.2, 0.25) is 0 Å². The summed E-state index contributed by atoms with van der Waals surface area (Å²) in [7, 11) is 0. The van der Waals surface area contributed by atoms with E-state index < -0.39 is 0 Å². The molecular weight excluding hydrogens is 272 g/mol. The molecule has 0 radical (unpaired) electrons. The zero-order valence-electron chi connectivity index (χ0n) is 16.7. The fourth-order valence-corrected chi connectivity index (χ4v) is 2.57. The van der Waals surface area contributed by atoms with E-state index in [4.69, 9.17) is 0 Å². The number of aldehydes is 2. The molecule has 0 saturated carbocycles. The van der Waals surface area contributed by atoms with E-state index >= 15 is 0 Å². The van der Waals surface area contributed by atoms with Crippen LogP contribution >= 0.6 is 0 Å². The Bertz CT molecular complexity index is 275. The molecule has 0 N–H and O–H groups in total. The predicted molar refractivity (Wildman–Crippen MR) is 96.9 cm³/mol. The summed E-state index contributed by atoms with van der Waals surface area (Å²) < 4.78 is 0. The van der Waals surface area contributed by atoms with Gasteiger partial charge >= 0.3 is 0 Å². The van der Waals surface area contributed by atoms with E-state index in [0.717, 1.165) is 25.4 Å². The lowest BCUT2D eigenvalue weighted by Gasteiger charge is -2.24. The second-order valence-corrected chi connectivity index (χ2v) is 9.47. The third kappa shape index (κ3) is 14.3. The Labute approximate surface area is 139 Å². The lowest BCUT2D eigenvalue weighted by atomic mass is 9.81. The van der Waals surface area contributed by atoms with Crippen LogP contribution in [0.2, 0.25) is 0 Å². The molecule has 0 heterocycles. The summed E-state index contributed by atoms with van der Waals surface area (Å²) in [5.74, 6) is 1.42. The Morgan fingerprint density at radius 1 is 0.636 bits per heavy atom. The number of rotatable bonds is 6. The van der Waals surface area contributed by atoms with Crippen molar-refractivity contribution < 1.29 is 9.59 Å². The Balaban J connectivity index is 0. The molecule has 0 aliphatic heterocycles. The Morgan fingerprint density at radius 2 is 0.864 bits per heavy atom. The van der Waals surface area contributed by atoms with Gasteiger partial charge in [-0.2, -0.15) is 0 Å². The standard InChI is InChI=1S/2C10H20O/c2*1-8(9(2)7-11)6-10(3,4)5/h2*7-9H,6H2,1-5H3. The zero-order valence-corrected chi connectivity index (χ0v) is 16.7. The van der Waals surface area contributed by atoms with E-state index in [1.165, 1.54) is 0 Å². The van der Waals surface area contributed by atoms with Gasteiger partial charge in [-0.05, 0) is 35.5 Å². The van der Waals surface area contributed by atoms with Crippen LogP contribution in [0, 0.1) is 34.5 Å². The summed E-state index contributed by atoms with van der Waals surface area (Å²) >= 11 is 0. The van der Waals surface area contributed by atoms with Crippen molar-refractivity contribution in [1.82, 2.24) is 0 Å². The number of carbonyl (C=O) groups is 2. The zero-order chi connectivity index (χ0) is 18.1.